The Balaban J connectivity index is 2.81. The molecule has 0 aliphatic rings. The van der Waals surface area contributed by atoms with E-state index in [0.29, 0.717) is 6.42 Å². The van der Waals surface area contributed by atoms with Gasteiger partial charge in [-0.3, -0.25) is 9.36 Å². The molecule has 0 spiro atoms. The van der Waals surface area contributed by atoms with E-state index < -0.39 is 35.2 Å². The quantitative estimate of drug-likeness (QED) is 0.452. The summed E-state index contributed by atoms with van der Waals surface area (Å²) in [5, 5.41) is 8.86. The minimum atomic E-state index is -3.72. The lowest BCUT2D eigenvalue weighted by Gasteiger charge is -2.30. The van der Waals surface area contributed by atoms with E-state index >= 15 is 0 Å². The van der Waals surface area contributed by atoms with E-state index in [1.807, 2.05) is 30.3 Å². The van der Waals surface area contributed by atoms with Crippen LogP contribution in [0.4, 0.5) is 0 Å². The van der Waals surface area contributed by atoms with Crippen molar-refractivity contribution in [2.75, 3.05) is 6.16 Å². The average molecular weight is 375 g/mol. The van der Waals surface area contributed by atoms with Crippen molar-refractivity contribution in [2.24, 2.45) is 0 Å². The molecule has 24 heavy (non-hydrogen) atoms. The molecule has 0 amide bonds. The van der Waals surface area contributed by atoms with Gasteiger partial charge in [-0.05, 0) is 39.2 Å². The summed E-state index contributed by atoms with van der Waals surface area (Å²) in [6, 6.07) is 9.31. The van der Waals surface area contributed by atoms with Gasteiger partial charge in [-0.25, -0.2) is 0 Å². The SMILES string of the molecule is CC(C)(C)[S@@+]([O-])NC(CCC(=O)O)P(=O)(O)CCc1ccccc1. The Hall–Kier alpha value is -0.850. The molecule has 3 N–H and O–H groups in total. The van der Waals surface area contributed by atoms with Crippen LogP contribution < -0.4 is 4.72 Å². The molecule has 0 bridgehead atoms. The zero-order valence-electron chi connectivity index (χ0n) is 14.3. The second-order valence-corrected chi connectivity index (χ2v) is 11.2. The van der Waals surface area contributed by atoms with E-state index in [0.717, 1.165) is 5.56 Å². The molecular formula is C16H26NO5PS. The van der Waals surface area contributed by atoms with Crippen molar-refractivity contribution >= 4 is 24.7 Å². The molecule has 0 aliphatic carbocycles. The van der Waals surface area contributed by atoms with E-state index in [4.69, 9.17) is 5.11 Å². The molecule has 0 aromatic heterocycles. The molecule has 8 heteroatoms. The fourth-order valence-electron chi connectivity index (χ4n) is 1.99. The van der Waals surface area contributed by atoms with Crippen LogP contribution in [-0.2, 0) is 27.1 Å². The van der Waals surface area contributed by atoms with Crippen molar-refractivity contribution in [1.82, 2.24) is 4.72 Å². The molecule has 3 atom stereocenters. The van der Waals surface area contributed by atoms with E-state index in [1.165, 1.54) is 0 Å². The Morgan fingerprint density at radius 1 is 1.33 bits per heavy atom. The number of benzene rings is 1. The molecule has 0 radical (unpaired) electrons. The maximum absolute atomic E-state index is 12.7. The van der Waals surface area contributed by atoms with Crippen molar-refractivity contribution in [3.63, 3.8) is 0 Å². The Labute approximate surface area is 146 Å². The second-order valence-electron chi connectivity index (χ2n) is 6.66. The lowest BCUT2D eigenvalue weighted by Crippen LogP contribution is -2.45. The van der Waals surface area contributed by atoms with Crippen LogP contribution in [0.1, 0.15) is 39.2 Å². The molecule has 1 aromatic carbocycles. The lowest BCUT2D eigenvalue weighted by atomic mass is 10.2. The van der Waals surface area contributed by atoms with Crippen LogP contribution in [0, 0.1) is 0 Å². The van der Waals surface area contributed by atoms with Crippen LogP contribution >= 0.6 is 7.37 Å². The van der Waals surface area contributed by atoms with E-state index in [9.17, 15) is 18.8 Å². The molecule has 0 aliphatic heterocycles. The number of hydrogen-bond acceptors (Lipinski definition) is 4. The third-order valence-corrected chi connectivity index (χ3v) is 7.49. The van der Waals surface area contributed by atoms with Gasteiger partial charge in [0.1, 0.15) is 10.5 Å². The summed E-state index contributed by atoms with van der Waals surface area (Å²) < 4.78 is 27.1. The van der Waals surface area contributed by atoms with Crippen LogP contribution in [-0.4, -0.2) is 37.2 Å². The van der Waals surface area contributed by atoms with Crippen LogP contribution in [0.5, 0.6) is 0 Å². The van der Waals surface area contributed by atoms with E-state index in [-0.39, 0.29) is 19.0 Å². The third-order valence-electron chi connectivity index (χ3n) is 3.48. The maximum Gasteiger partial charge on any atom is 0.303 e. The highest BCUT2D eigenvalue weighted by molar-refractivity contribution is 7.91. The fourth-order valence-corrected chi connectivity index (χ4v) is 5.08. The summed E-state index contributed by atoms with van der Waals surface area (Å²) in [5.41, 5.74) is 0.931. The minimum Gasteiger partial charge on any atom is -0.598 e. The van der Waals surface area contributed by atoms with Crippen molar-refractivity contribution in [3.8, 4) is 0 Å². The van der Waals surface area contributed by atoms with Crippen LogP contribution in [0.15, 0.2) is 30.3 Å². The zero-order valence-corrected chi connectivity index (χ0v) is 16.0. The van der Waals surface area contributed by atoms with Crippen LogP contribution in [0.25, 0.3) is 0 Å². The molecule has 0 heterocycles. The number of carboxylic acids is 1. The summed E-state index contributed by atoms with van der Waals surface area (Å²) in [7, 11) is -3.72. The van der Waals surface area contributed by atoms with Gasteiger partial charge in [-0.15, -0.1) is 4.72 Å². The molecule has 1 aromatic rings. The smallest absolute Gasteiger partial charge is 0.303 e. The Bertz CT molecular complexity index is 576. The van der Waals surface area contributed by atoms with Gasteiger partial charge in [0, 0.05) is 23.9 Å². The Morgan fingerprint density at radius 2 is 1.92 bits per heavy atom. The highest BCUT2D eigenvalue weighted by Gasteiger charge is 2.38. The number of aryl methyl sites for hydroxylation is 1. The van der Waals surface area contributed by atoms with Gasteiger partial charge in [-0.2, -0.15) is 0 Å². The normalized spacial score (nSPS) is 17.0. The van der Waals surface area contributed by atoms with Crippen molar-refractivity contribution in [1.29, 1.82) is 0 Å². The van der Waals surface area contributed by atoms with Crippen LogP contribution in [0.3, 0.4) is 0 Å². The Kier molecular flexibility index (Phi) is 7.96. The predicted molar refractivity (Wildman–Crippen MR) is 96.5 cm³/mol. The summed E-state index contributed by atoms with van der Waals surface area (Å²) in [6.45, 7) is 5.24. The van der Waals surface area contributed by atoms with Crippen LogP contribution in [0.2, 0.25) is 0 Å². The molecule has 0 saturated carbocycles. The second kappa shape index (κ2) is 9.02. The number of rotatable bonds is 9. The fraction of sp³-hybridized carbons (Fsp3) is 0.562. The first kappa shape index (κ1) is 21.2. The molecule has 6 nitrogen and oxygen atoms in total. The molecule has 1 rings (SSSR count). The van der Waals surface area contributed by atoms with Gasteiger partial charge in [0.2, 0.25) is 7.37 Å². The number of aliphatic carboxylic acids is 1. The number of carboxylic acid groups (broad SMARTS) is 1. The summed E-state index contributed by atoms with van der Waals surface area (Å²) in [5.74, 6) is -2.05. The highest BCUT2D eigenvalue weighted by Crippen LogP contribution is 2.48. The van der Waals surface area contributed by atoms with E-state index in [1.54, 1.807) is 20.8 Å². The summed E-state index contributed by atoms with van der Waals surface area (Å²) in [4.78, 5) is 21.2. The summed E-state index contributed by atoms with van der Waals surface area (Å²) >= 11 is -1.55. The zero-order chi connectivity index (χ0) is 18.4. The maximum atomic E-state index is 12.7. The van der Waals surface area contributed by atoms with Gasteiger partial charge in [-0.1, -0.05) is 30.3 Å². The average Bonchev–Trinajstić information content (AvgIpc) is 2.49. The molecular weight excluding hydrogens is 349 g/mol. The van der Waals surface area contributed by atoms with Crippen molar-refractivity contribution < 1.29 is 23.9 Å². The number of hydrogen-bond donors (Lipinski definition) is 3. The number of carbonyl (C=O) groups is 1. The van der Waals surface area contributed by atoms with Crippen molar-refractivity contribution in [3.05, 3.63) is 35.9 Å². The number of nitrogens with one attached hydrogen (secondary N) is 1. The summed E-state index contributed by atoms with van der Waals surface area (Å²) in [6.07, 6.45) is 0.117. The topological polar surface area (TPSA) is 110 Å². The molecule has 0 saturated heterocycles. The van der Waals surface area contributed by atoms with Gasteiger partial charge >= 0.3 is 5.97 Å². The Morgan fingerprint density at radius 3 is 2.42 bits per heavy atom. The van der Waals surface area contributed by atoms with Crippen molar-refractivity contribution in [2.45, 2.75) is 50.6 Å². The molecule has 0 fully saturated rings. The minimum absolute atomic E-state index is 0.00957. The lowest BCUT2D eigenvalue weighted by molar-refractivity contribution is -0.137. The molecule has 136 valence electrons. The first-order chi connectivity index (χ1) is 11.0. The van der Waals surface area contributed by atoms with Gasteiger partial charge in [0.15, 0.2) is 0 Å². The monoisotopic (exact) mass is 375 g/mol. The predicted octanol–water partition coefficient (Wildman–Crippen LogP) is 2.74. The first-order valence-corrected chi connectivity index (χ1v) is 10.8. The standard InChI is InChI=1S/C16H26NO5PS/c1-16(2,3)24(22)17-14(9-10-15(18)19)23(20,21)12-11-13-7-5-4-6-8-13/h4-8,14,17H,9-12H2,1-3H3,(H,18,19)(H,20,21)/t14?,24-/m1/s1. The first-order valence-electron chi connectivity index (χ1n) is 7.77. The van der Waals surface area contributed by atoms with E-state index in [2.05, 4.69) is 4.72 Å². The van der Waals surface area contributed by atoms with Gasteiger partial charge in [0.25, 0.3) is 0 Å². The molecule has 2 unspecified atom stereocenters. The largest absolute Gasteiger partial charge is 0.598 e. The van der Waals surface area contributed by atoms with Gasteiger partial charge in [0.05, 0.1) is 0 Å². The highest BCUT2D eigenvalue weighted by atomic mass is 32.2. The van der Waals surface area contributed by atoms with Gasteiger partial charge < -0.3 is 14.6 Å². The third kappa shape index (κ3) is 7.36.